The average Bonchev–Trinajstić information content (AvgIpc) is 3.20. The molecule has 6 heteroatoms. The third-order valence-corrected chi connectivity index (χ3v) is 6.50. The van der Waals surface area contributed by atoms with Gasteiger partial charge >= 0.3 is 0 Å². The van der Waals surface area contributed by atoms with Gasteiger partial charge in [0.2, 0.25) is 0 Å². The molecule has 5 heterocycles. The van der Waals surface area contributed by atoms with Crippen molar-refractivity contribution in [2.24, 2.45) is 5.92 Å². The lowest BCUT2D eigenvalue weighted by molar-refractivity contribution is 0.0620. The number of amides is 1. The van der Waals surface area contributed by atoms with Gasteiger partial charge in [0.15, 0.2) is 5.01 Å². The van der Waals surface area contributed by atoms with Gasteiger partial charge in [0.05, 0.1) is 4.88 Å². The first-order chi connectivity index (χ1) is 10.3. The lowest BCUT2D eigenvalue weighted by Gasteiger charge is -2.44. The molecule has 3 fully saturated rings. The summed E-state index contributed by atoms with van der Waals surface area (Å²) < 4.78 is 0. The quantitative estimate of drug-likeness (QED) is 0.946. The predicted molar refractivity (Wildman–Crippen MR) is 85.8 cm³/mol. The molecule has 2 aromatic rings. The number of hydrogen-bond acceptors (Lipinski definition) is 5. The van der Waals surface area contributed by atoms with Crippen molar-refractivity contribution in [3.05, 3.63) is 28.7 Å². The van der Waals surface area contributed by atoms with Gasteiger partial charge < -0.3 is 10.2 Å². The fourth-order valence-corrected chi connectivity index (χ4v) is 4.91. The Morgan fingerprint density at radius 2 is 2.19 bits per heavy atom. The number of fused-ring (bicyclic) bond motifs is 3. The normalized spacial score (nSPS) is 27.7. The first-order valence-electron chi connectivity index (χ1n) is 7.32. The standard InChI is InChI=1S/C15H17N3OS2/c19-14(17-11-9-18-5-3-10(11)4-6-18)15-16-8-13(21-15)12-2-1-7-20-12/h1-2,7-8,10-11H,3-6,9H2,(H,17,19). The van der Waals surface area contributed by atoms with E-state index in [0.717, 1.165) is 11.4 Å². The van der Waals surface area contributed by atoms with Crippen LogP contribution in [0.5, 0.6) is 0 Å². The first kappa shape index (κ1) is 13.4. The molecule has 0 aromatic carbocycles. The van der Waals surface area contributed by atoms with E-state index in [1.54, 1.807) is 11.3 Å². The van der Waals surface area contributed by atoms with Crippen molar-refractivity contribution in [2.45, 2.75) is 18.9 Å². The van der Waals surface area contributed by atoms with Gasteiger partial charge in [0, 0.05) is 23.7 Å². The molecule has 1 N–H and O–H groups in total. The second-order valence-electron chi connectivity index (χ2n) is 5.72. The highest BCUT2D eigenvalue weighted by molar-refractivity contribution is 7.22. The van der Waals surface area contributed by atoms with Crippen LogP contribution in [0.1, 0.15) is 22.6 Å². The minimum absolute atomic E-state index is 0.0124. The monoisotopic (exact) mass is 319 g/mol. The smallest absolute Gasteiger partial charge is 0.280 e. The molecule has 1 atom stereocenters. The maximum absolute atomic E-state index is 12.4. The fourth-order valence-electron chi connectivity index (χ4n) is 3.27. The van der Waals surface area contributed by atoms with Crippen LogP contribution in [0.15, 0.2) is 23.7 Å². The van der Waals surface area contributed by atoms with Gasteiger partial charge in [-0.25, -0.2) is 4.98 Å². The first-order valence-corrected chi connectivity index (χ1v) is 9.02. The predicted octanol–water partition coefficient (Wildman–Crippen LogP) is 2.70. The van der Waals surface area contributed by atoms with E-state index in [1.807, 2.05) is 17.6 Å². The molecule has 3 aliphatic rings. The van der Waals surface area contributed by atoms with Crippen LogP contribution >= 0.6 is 22.7 Å². The zero-order chi connectivity index (χ0) is 14.2. The number of carbonyl (C=O) groups excluding carboxylic acids is 1. The van der Waals surface area contributed by atoms with Crippen LogP contribution in [-0.4, -0.2) is 41.5 Å². The lowest BCUT2D eigenvalue weighted by Crippen LogP contribution is -2.57. The third kappa shape index (κ3) is 2.63. The molecule has 0 saturated carbocycles. The van der Waals surface area contributed by atoms with Gasteiger partial charge in [-0.3, -0.25) is 4.79 Å². The van der Waals surface area contributed by atoms with Gasteiger partial charge in [-0.05, 0) is 43.3 Å². The Morgan fingerprint density at radius 1 is 1.33 bits per heavy atom. The van der Waals surface area contributed by atoms with Crippen molar-refractivity contribution in [1.29, 1.82) is 0 Å². The molecule has 2 bridgehead atoms. The van der Waals surface area contributed by atoms with E-state index in [1.165, 1.54) is 42.1 Å². The van der Waals surface area contributed by atoms with Crippen molar-refractivity contribution in [2.75, 3.05) is 19.6 Å². The van der Waals surface area contributed by atoms with Crippen molar-refractivity contribution >= 4 is 28.6 Å². The Hall–Kier alpha value is -1.24. The molecule has 0 aliphatic carbocycles. The van der Waals surface area contributed by atoms with E-state index in [-0.39, 0.29) is 5.91 Å². The minimum atomic E-state index is -0.0124. The van der Waals surface area contributed by atoms with Crippen LogP contribution in [-0.2, 0) is 0 Å². The maximum atomic E-state index is 12.4. The summed E-state index contributed by atoms with van der Waals surface area (Å²) in [7, 11) is 0. The lowest BCUT2D eigenvalue weighted by atomic mass is 9.84. The Kier molecular flexibility index (Phi) is 3.52. The summed E-state index contributed by atoms with van der Waals surface area (Å²) in [5, 5.41) is 5.82. The maximum Gasteiger partial charge on any atom is 0.280 e. The molecular formula is C15H17N3OS2. The SMILES string of the molecule is O=C(NC1CN2CCC1CC2)c1ncc(-c2cccs2)s1. The molecule has 3 saturated heterocycles. The molecule has 1 amide bonds. The molecule has 21 heavy (non-hydrogen) atoms. The van der Waals surface area contributed by atoms with Crippen molar-refractivity contribution < 1.29 is 4.79 Å². The van der Waals surface area contributed by atoms with Crippen LogP contribution in [0.25, 0.3) is 9.75 Å². The molecular weight excluding hydrogens is 302 g/mol. The molecule has 0 radical (unpaired) electrons. The highest BCUT2D eigenvalue weighted by atomic mass is 32.1. The number of rotatable bonds is 3. The van der Waals surface area contributed by atoms with Gasteiger partial charge in [-0.2, -0.15) is 0 Å². The molecule has 4 nitrogen and oxygen atoms in total. The van der Waals surface area contributed by atoms with E-state index < -0.39 is 0 Å². The summed E-state index contributed by atoms with van der Waals surface area (Å²) in [6.45, 7) is 3.38. The number of piperidine rings is 3. The molecule has 3 aliphatic heterocycles. The van der Waals surface area contributed by atoms with Gasteiger partial charge in [-0.15, -0.1) is 22.7 Å². The van der Waals surface area contributed by atoms with E-state index in [0.29, 0.717) is 17.0 Å². The van der Waals surface area contributed by atoms with Crippen LogP contribution < -0.4 is 5.32 Å². The molecule has 1 unspecified atom stereocenters. The van der Waals surface area contributed by atoms with E-state index in [2.05, 4.69) is 21.3 Å². The zero-order valence-electron chi connectivity index (χ0n) is 11.6. The van der Waals surface area contributed by atoms with Gasteiger partial charge in [-0.1, -0.05) is 6.07 Å². The van der Waals surface area contributed by atoms with E-state index >= 15 is 0 Å². The fraction of sp³-hybridized carbons (Fsp3) is 0.467. The van der Waals surface area contributed by atoms with Gasteiger partial charge in [0.25, 0.3) is 5.91 Å². The highest BCUT2D eigenvalue weighted by Crippen LogP contribution is 2.31. The average molecular weight is 319 g/mol. The number of hydrogen-bond donors (Lipinski definition) is 1. The summed E-state index contributed by atoms with van der Waals surface area (Å²) in [5.74, 6) is 0.636. The van der Waals surface area contributed by atoms with Crippen LogP contribution in [0.2, 0.25) is 0 Å². The van der Waals surface area contributed by atoms with Crippen LogP contribution in [0, 0.1) is 5.92 Å². The summed E-state index contributed by atoms with van der Waals surface area (Å²) in [4.78, 5) is 21.4. The Bertz CT molecular complexity index is 629. The zero-order valence-corrected chi connectivity index (χ0v) is 13.3. The largest absolute Gasteiger partial charge is 0.346 e. The highest BCUT2D eigenvalue weighted by Gasteiger charge is 2.35. The second kappa shape index (κ2) is 5.51. The molecule has 2 aromatic heterocycles. The number of thiazole rings is 1. The van der Waals surface area contributed by atoms with Crippen LogP contribution in [0.4, 0.5) is 0 Å². The Balaban J connectivity index is 1.46. The number of nitrogens with zero attached hydrogens (tertiary/aromatic N) is 2. The number of aromatic nitrogens is 1. The minimum Gasteiger partial charge on any atom is -0.346 e. The molecule has 0 spiro atoms. The summed E-state index contributed by atoms with van der Waals surface area (Å²) >= 11 is 3.16. The third-order valence-electron chi connectivity index (χ3n) is 4.44. The summed E-state index contributed by atoms with van der Waals surface area (Å²) in [5.41, 5.74) is 0. The number of nitrogens with one attached hydrogen (secondary N) is 1. The van der Waals surface area contributed by atoms with Crippen molar-refractivity contribution in [1.82, 2.24) is 15.2 Å². The van der Waals surface area contributed by atoms with Crippen molar-refractivity contribution in [3.8, 4) is 9.75 Å². The van der Waals surface area contributed by atoms with Gasteiger partial charge in [0.1, 0.15) is 0 Å². The van der Waals surface area contributed by atoms with Crippen LogP contribution in [0.3, 0.4) is 0 Å². The second-order valence-corrected chi connectivity index (χ2v) is 7.70. The topological polar surface area (TPSA) is 45.2 Å². The Labute approximate surface area is 131 Å². The number of carbonyl (C=O) groups is 1. The summed E-state index contributed by atoms with van der Waals surface area (Å²) in [6.07, 6.45) is 4.23. The van der Waals surface area contributed by atoms with Crippen molar-refractivity contribution in [3.63, 3.8) is 0 Å². The summed E-state index contributed by atoms with van der Waals surface area (Å²) in [6, 6.07) is 4.38. The molecule has 110 valence electrons. The Morgan fingerprint density at radius 3 is 2.86 bits per heavy atom. The van der Waals surface area contributed by atoms with E-state index in [9.17, 15) is 4.79 Å². The number of thiophene rings is 1. The van der Waals surface area contributed by atoms with E-state index in [4.69, 9.17) is 0 Å². The molecule has 5 rings (SSSR count).